The van der Waals surface area contributed by atoms with Crippen LogP contribution in [-0.2, 0) is 20.3 Å². The zero-order chi connectivity index (χ0) is 20.6. The molecule has 0 unspecified atom stereocenters. The molecule has 1 heterocycles. The number of alkyl carbamates (subject to hydrolysis) is 1. The molecule has 0 fully saturated rings. The van der Waals surface area contributed by atoms with E-state index in [4.69, 9.17) is 4.74 Å². The Morgan fingerprint density at radius 1 is 1.41 bits per heavy atom. The van der Waals surface area contributed by atoms with Crippen LogP contribution in [0.2, 0.25) is 0 Å². The van der Waals surface area contributed by atoms with Crippen LogP contribution in [-0.4, -0.2) is 49.5 Å². The van der Waals surface area contributed by atoms with E-state index in [1.807, 2.05) is 0 Å². The molecule has 1 aromatic rings. The Bertz CT molecular complexity index is 908. The summed E-state index contributed by atoms with van der Waals surface area (Å²) in [5, 5.41) is 2.30. The summed E-state index contributed by atoms with van der Waals surface area (Å²) < 4.78 is 45.5. The molecule has 2 rings (SSSR count). The molecule has 1 aliphatic rings. The Kier molecular flexibility index (Phi) is 5.33. The zero-order valence-electron chi connectivity index (χ0n) is 15.7. The van der Waals surface area contributed by atoms with Gasteiger partial charge in [0.2, 0.25) is 16.0 Å². The highest BCUT2D eigenvalue weighted by molar-refractivity contribution is 7.89. The summed E-state index contributed by atoms with van der Waals surface area (Å²) in [5.74, 6) is -1.54. The summed E-state index contributed by atoms with van der Waals surface area (Å²) in [4.78, 5) is 27.3. The first-order valence-corrected chi connectivity index (χ1v) is 9.70. The van der Waals surface area contributed by atoms with E-state index in [0.29, 0.717) is 6.29 Å². The standard InChI is InChI=1S/C17H22FN3O5S/c1-16(2,3)26-15(23)19-14-20-17(4,10-27(24,25)21(14)5)12-8-11(9-22)6-7-13(12)18/h6-9H,10H2,1-5H3,(H,19,20,23)/t17-/m0/s1. The Morgan fingerprint density at radius 3 is 2.59 bits per heavy atom. The number of halogens is 1. The van der Waals surface area contributed by atoms with Gasteiger partial charge in [0, 0.05) is 18.2 Å². The van der Waals surface area contributed by atoms with Gasteiger partial charge in [-0.3, -0.25) is 10.1 Å². The van der Waals surface area contributed by atoms with Gasteiger partial charge in [0.1, 0.15) is 23.2 Å². The minimum absolute atomic E-state index is 0.0627. The molecule has 1 amide bonds. The van der Waals surface area contributed by atoms with Crippen molar-refractivity contribution in [1.82, 2.24) is 9.62 Å². The molecule has 27 heavy (non-hydrogen) atoms. The molecule has 10 heteroatoms. The van der Waals surface area contributed by atoms with Crippen molar-refractivity contribution in [1.29, 1.82) is 0 Å². The number of aldehydes is 1. The maximum atomic E-state index is 14.4. The summed E-state index contributed by atoms with van der Waals surface area (Å²) in [7, 11) is -2.69. The smallest absolute Gasteiger partial charge is 0.414 e. The summed E-state index contributed by atoms with van der Waals surface area (Å²) in [5.41, 5.74) is -2.23. The second-order valence-electron chi connectivity index (χ2n) is 7.42. The molecule has 1 aliphatic heterocycles. The van der Waals surface area contributed by atoms with E-state index in [2.05, 4.69) is 10.3 Å². The average molecular weight is 399 g/mol. The van der Waals surface area contributed by atoms with Crippen molar-refractivity contribution in [3.8, 4) is 0 Å². The third kappa shape index (κ3) is 4.62. The van der Waals surface area contributed by atoms with Gasteiger partial charge in [-0.2, -0.15) is 0 Å². The number of ether oxygens (including phenoxy) is 1. The number of nitrogens with zero attached hydrogens (tertiary/aromatic N) is 2. The van der Waals surface area contributed by atoms with Crippen LogP contribution >= 0.6 is 0 Å². The summed E-state index contributed by atoms with van der Waals surface area (Å²) in [6.45, 7) is 6.38. The fourth-order valence-corrected chi connectivity index (χ4v) is 4.06. The van der Waals surface area contributed by atoms with Crippen molar-refractivity contribution >= 4 is 28.4 Å². The molecule has 0 radical (unpaired) electrons. The van der Waals surface area contributed by atoms with Crippen molar-refractivity contribution in [2.75, 3.05) is 12.8 Å². The molecule has 1 N–H and O–H groups in total. The number of sulfonamides is 1. The van der Waals surface area contributed by atoms with Crippen molar-refractivity contribution in [3.63, 3.8) is 0 Å². The fourth-order valence-electron chi connectivity index (χ4n) is 2.59. The number of hydrogen-bond acceptors (Lipinski definition) is 6. The van der Waals surface area contributed by atoms with Crippen molar-refractivity contribution in [2.24, 2.45) is 4.99 Å². The highest BCUT2D eigenvalue weighted by Crippen LogP contribution is 2.34. The van der Waals surface area contributed by atoms with Gasteiger partial charge >= 0.3 is 6.09 Å². The largest absolute Gasteiger partial charge is 0.444 e. The van der Waals surface area contributed by atoms with E-state index in [-0.39, 0.29) is 17.1 Å². The first-order valence-electron chi connectivity index (χ1n) is 8.09. The van der Waals surface area contributed by atoms with Gasteiger partial charge < -0.3 is 4.74 Å². The van der Waals surface area contributed by atoms with Crippen LogP contribution in [0.1, 0.15) is 43.6 Å². The molecule has 0 saturated heterocycles. The molecular weight excluding hydrogens is 377 g/mol. The Morgan fingerprint density at radius 2 is 2.04 bits per heavy atom. The van der Waals surface area contributed by atoms with Gasteiger partial charge in [-0.25, -0.2) is 26.9 Å². The number of aliphatic imine (C=N–C) groups is 1. The lowest BCUT2D eigenvalue weighted by atomic mass is 9.92. The number of guanidine groups is 1. The van der Waals surface area contributed by atoms with E-state index in [9.17, 15) is 22.4 Å². The molecule has 1 atom stereocenters. The number of carbonyl (C=O) groups is 2. The highest BCUT2D eigenvalue weighted by Gasteiger charge is 2.43. The molecule has 0 aliphatic carbocycles. The summed E-state index contributed by atoms with van der Waals surface area (Å²) >= 11 is 0. The topological polar surface area (TPSA) is 105 Å². The van der Waals surface area contributed by atoms with Gasteiger partial charge in [0.15, 0.2) is 0 Å². The minimum atomic E-state index is -3.91. The summed E-state index contributed by atoms with van der Waals surface area (Å²) in [6, 6.07) is 3.60. The van der Waals surface area contributed by atoms with Crippen LogP contribution < -0.4 is 5.32 Å². The van der Waals surface area contributed by atoms with Crippen LogP contribution in [0.25, 0.3) is 0 Å². The van der Waals surface area contributed by atoms with Gasteiger partial charge in [0.25, 0.3) is 0 Å². The lowest BCUT2D eigenvalue weighted by Gasteiger charge is -2.36. The van der Waals surface area contributed by atoms with E-state index in [0.717, 1.165) is 10.4 Å². The zero-order valence-corrected chi connectivity index (χ0v) is 16.6. The molecule has 8 nitrogen and oxygen atoms in total. The molecule has 148 valence electrons. The highest BCUT2D eigenvalue weighted by atomic mass is 32.2. The van der Waals surface area contributed by atoms with Crippen LogP contribution in [0.4, 0.5) is 9.18 Å². The van der Waals surface area contributed by atoms with E-state index in [1.54, 1.807) is 20.8 Å². The molecule has 0 spiro atoms. The van der Waals surface area contributed by atoms with Gasteiger partial charge in [-0.05, 0) is 45.9 Å². The second-order valence-corrected chi connectivity index (χ2v) is 9.42. The molecule has 0 bridgehead atoms. The first-order chi connectivity index (χ1) is 12.3. The van der Waals surface area contributed by atoms with Crippen LogP contribution in [0, 0.1) is 5.82 Å². The first kappa shape index (κ1) is 20.8. The lowest BCUT2D eigenvalue weighted by molar-refractivity contribution is 0.0559. The Labute approximate surface area is 157 Å². The van der Waals surface area contributed by atoms with Crippen molar-refractivity contribution in [2.45, 2.75) is 38.8 Å². The number of rotatable bonds is 2. The van der Waals surface area contributed by atoms with Crippen molar-refractivity contribution in [3.05, 3.63) is 35.1 Å². The molecule has 1 aromatic carbocycles. The predicted molar refractivity (Wildman–Crippen MR) is 97.5 cm³/mol. The van der Waals surface area contributed by atoms with E-state index >= 15 is 0 Å². The molecular formula is C17H22FN3O5S. The average Bonchev–Trinajstić information content (AvgIpc) is 2.50. The summed E-state index contributed by atoms with van der Waals surface area (Å²) in [6.07, 6.45) is -0.367. The number of benzene rings is 1. The predicted octanol–water partition coefficient (Wildman–Crippen LogP) is 2.01. The van der Waals surface area contributed by atoms with E-state index in [1.165, 1.54) is 26.1 Å². The Balaban J connectivity index is 2.52. The minimum Gasteiger partial charge on any atom is -0.444 e. The quantitative estimate of drug-likeness (QED) is 0.766. The van der Waals surface area contributed by atoms with E-state index < -0.39 is 38.8 Å². The number of hydrogen-bond donors (Lipinski definition) is 1. The Hall–Kier alpha value is -2.49. The number of carbonyl (C=O) groups excluding carboxylic acids is 2. The number of amides is 1. The van der Waals surface area contributed by atoms with Crippen LogP contribution in [0.3, 0.4) is 0 Å². The SMILES string of the molecule is CN1C(NC(=O)OC(C)(C)C)=N[C@](C)(c2cc(C=O)ccc2F)CS1(=O)=O. The number of nitrogens with one attached hydrogen (secondary N) is 1. The maximum Gasteiger partial charge on any atom is 0.414 e. The fraction of sp³-hybridized carbons (Fsp3) is 0.471. The lowest BCUT2D eigenvalue weighted by Crippen LogP contribution is -2.54. The monoisotopic (exact) mass is 399 g/mol. The van der Waals surface area contributed by atoms with Crippen molar-refractivity contribution < 1.29 is 27.1 Å². The third-order valence-corrected chi connectivity index (χ3v) is 5.79. The van der Waals surface area contributed by atoms with Gasteiger partial charge in [-0.15, -0.1) is 0 Å². The van der Waals surface area contributed by atoms with Gasteiger partial charge in [-0.1, -0.05) is 0 Å². The third-order valence-electron chi connectivity index (χ3n) is 3.85. The molecule has 0 saturated carbocycles. The van der Waals surface area contributed by atoms with Gasteiger partial charge in [0.05, 0.1) is 5.75 Å². The maximum absolute atomic E-state index is 14.4. The second kappa shape index (κ2) is 6.91. The van der Waals surface area contributed by atoms with Crippen LogP contribution in [0.15, 0.2) is 23.2 Å². The molecule has 0 aromatic heterocycles. The normalized spacial score (nSPS) is 22.0. The van der Waals surface area contributed by atoms with Crippen LogP contribution in [0.5, 0.6) is 0 Å².